The zero-order valence-electron chi connectivity index (χ0n) is 13.6. The molecule has 6 nitrogen and oxygen atoms in total. The number of carboxylic acid groups (broad SMARTS) is 1. The molecule has 0 saturated heterocycles. The van der Waals surface area contributed by atoms with E-state index in [0.29, 0.717) is 17.1 Å². The van der Waals surface area contributed by atoms with Crippen molar-refractivity contribution in [2.75, 3.05) is 0 Å². The van der Waals surface area contributed by atoms with Crippen molar-refractivity contribution < 1.29 is 31.0 Å². The molecule has 0 bridgehead atoms. The van der Waals surface area contributed by atoms with Crippen LogP contribution in [0.2, 0.25) is 0 Å². The van der Waals surface area contributed by atoms with Gasteiger partial charge in [-0.1, -0.05) is 29.7 Å². The predicted octanol–water partition coefficient (Wildman–Crippen LogP) is 2.76. The quantitative estimate of drug-likeness (QED) is 0.539. The molecule has 0 radical (unpaired) electrons. The van der Waals surface area contributed by atoms with E-state index in [0.717, 1.165) is 5.69 Å². The number of rotatable bonds is 4. The summed E-state index contributed by atoms with van der Waals surface area (Å²) in [5, 5.41) is 9.14. The molecule has 0 aliphatic heterocycles. The molecule has 3 aromatic heterocycles. The molecule has 0 spiro atoms. The van der Waals surface area contributed by atoms with Gasteiger partial charge < -0.3 is 10.1 Å². The SMILES string of the molecule is CC(C)(c1cccc(C(=O)O)n1)c1cccc(-c2[c-]cncn2)n1.[Pt]. The molecule has 130 valence electrons. The van der Waals surface area contributed by atoms with E-state index >= 15 is 0 Å². The predicted molar refractivity (Wildman–Crippen MR) is 87.4 cm³/mol. The summed E-state index contributed by atoms with van der Waals surface area (Å²) in [6, 6.07) is 13.5. The van der Waals surface area contributed by atoms with E-state index in [9.17, 15) is 4.79 Å². The van der Waals surface area contributed by atoms with Crippen LogP contribution in [-0.2, 0) is 26.5 Å². The molecule has 1 N–H and O–H groups in total. The summed E-state index contributed by atoms with van der Waals surface area (Å²) in [6.45, 7) is 3.91. The Morgan fingerprint density at radius 2 is 1.76 bits per heavy atom. The van der Waals surface area contributed by atoms with E-state index in [4.69, 9.17) is 5.11 Å². The van der Waals surface area contributed by atoms with Crippen molar-refractivity contribution in [3.63, 3.8) is 0 Å². The van der Waals surface area contributed by atoms with E-state index in [1.165, 1.54) is 12.4 Å². The van der Waals surface area contributed by atoms with Crippen molar-refractivity contribution in [1.29, 1.82) is 0 Å². The van der Waals surface area contributed by atoms with Crippen LogP contribution < -0.4 is 0 Å². The van der Waals surface area contributed by atoms with Crippen LogP contribution in [0.1, 0.15) is 35.7 Å². The Hall–Kier alpha value is -2.46. The first-order valence-electron chi connectivity index (χ1n) is 7.35. The summed E-state index contributed by atoms with van der Waals surface area (Å²) in [4.78, 5) is 28.1. The minimum absolute atomic E-state index is 0. The molecule has 3 aromatic rings. The Kier molecular flexibility index (Phi) is 5.75. The first-order chi connectivity index (χ1) is 11.5. The van der Waals surface area contributed by atoms with Gasteiger partial charge in [0, 0.05) is 32.2 Å². The van der Waals surface area contributed by atoms with Gasteiger partial charge in [-0.2, -0.15) is 0 Å². The van der Waals surface area contributed by atoms with Crippen molar-refractivity contribution >= 4 is 5.97 Å². The number of aromatic carboxylic acids is 1. The maximum Gasteiger partial charge on any atom is 0.354 e. The molecule has 0 saturated carbocycles. The fourth-order valence-electron chi connectivity index (χ4n) is 2.35. The van der Waals surface area contributed by atoms with E-state index in [2.05, 4.69) is 26.0 Å². The molecule has 3 heterocycles. The van der Waals surface area contributed by atoms with Crippen LogP contribution in [0.4, 0.5) is 0 Å². The molecule has 0 atom stereocenters. The van der Waals surface area contributed by atoms with Crippen LogP contribution in [0.15, 0.2) is 48.9 Å². The van der Waals surface area contributed by atoms with Gasteiger partial charge in [-0.05, 0) is 32.0 Å². The van der Waals surface area contributed by atoms with Crippen LogP contribution in [0.25, 0.3) is 11.4 Å². The van der Waals surface area contributed by atoms with Gasteiger partial charge in [-0.15, -0.1) is 6.07 Å². The van der Waals surface area contributed by atoms with Gasteiger partial charge in [-0.3, -0.25) is 9.97 Å². The molecule has 0 unspecified atom stereocenters. The second-order valence-corrected chi connectivity index (χ2v) is 5.76. The molecular formula is C18H15N4O2Pt-. The van der Waals surface area contributed by atoms with Gasteiger partial charge in [0.2, 0.25) is 0 Å². The topological polar surface area (TPSA) is 88.9 Å². The number of pyridine rings is 2. The summed E-state index contributed by atoms with van der Waals surface area (Å²) < 4.78 is 0. The molecule has 0 aliphatic carbocycles. The Labute approximate surface area is 159 Å². The number of carbonyl (C=O) groups is 1. The van der Waals surface area contributed by atoms with E-state index in [-0.39, 0.29) is 26.8 Å². The van der Waals surface area contributed by atoms with Gasteiger partial charge in [-0.25, -0.2) is 15.8 Å². The summed E-state index contributed by atoms with van der Waals surface area (Å²) >= 11 is 0. The van der Waals surface area contributed by atoms with E-state index in [1.807, 2.05) is 32.0 Å². The van der Waals surface area contributed by atoms with Crippen molar-refractivity contribution in [1.82, 2.24) is 19.9 Å². The zero-order valence-corrected chi connectivity index (χ0v) is 15.9. The molecule has 0 aliphatic rings. The minimum Gasteiger partial charge on any atom is -0.477 e. The van der Waals surface area contributed by atoms with Crippen LogP contribution in [-0.4, -0.2) is 31.0 Å². The van der Waals surface area contributed by atoms with Crippen LogP contribution in [0.5, 0.6) is 0 Å². The first-order valence-corrected chi connectivity index (χ1v) is 7.35. The number of aromatic nitrogens is 4. The summed E-state index contributed by atoms with van der Waals surface area (Å²) in [5.74, 6) is -1.05. The molecule has 0 fully saturated rings. The average molecular weight is 514 g/mol. The fraction of sp³-hybridized carbons (Fsp3) is 0.167. The zero-order chi connectivity index (χ0) is 17.2. The standard InChI is InChI=1S/C18H15N4O2.Pt/c1-18(2,16-8-4-6-14(22-16)17(23)24)15-7-3-5-13(21-15)12-9-10-19-11-20-12;/h3-8,10-11H,1-2H3,(H,23,24);/q-1;. The molecule has 0 aromatic carbocycles. The maximum atomic E-state index is 11.2. The third-order valence-corrected chi connectivity index (χ3v) is 3.77. The molecule has 0 amide bonds. The summed E-state index contributed by atoms with van der Waals surface area (Å²) in [7, 11) is 0. The molecule has 7 heteroatoms. The third-order valence-electron chi connectivity index (χ3n) is 3.77. The Balaban J connectivity index is 0.00000225. The van der Waals surface area contributed by atoms with Crippen molar-refractivity contribution in [3.05, 3.63) is 72.1 Å². The van der Waals surface area contributed by atoms with E-state index < -0.39 is 11.4 Å². The number of hydrogen-bond acceptors (Lipinski definition) is 5. The number of carboxylic acids is 1. The molecular weight excluding hydrogens is 499 g/mol. The first kappa shape index (κ1) is 18.9. The van der Waals surface area contributed by atoms with Gasteiger partial charge in [0.25, 0.3) is 0 Å². The second-order valence-electron chi connectivity index (χ2n) is 5.76. The normalized spacial score (nSPS) is 10.8. The van der Waals surface area contributed by atoms with E-state index in [1.54, 1.807) is 18.3 Å². The van der Waals surface area contributed by atoms with Crippen LogP contribution >= 0.6 is 0 Å². The smallest absolute Gasteiger partial charge is 0.354 e. The van der Waals surface area contributed by atoms with Gasteiger partial charge in [0.15, 0.2) is 0 Å². The summed E-state index contributed by atoms with van der Waals surface area (Å²) in [5.41, 5.74) is 2.14. The van der Waals surface area contributed by atoms with Crippen LogP contribution in [0.3, 0.4) is 0 Å². The summed E-state index contributed by atoms with van der Waals surface area (Å²) in [6.07, 6.45) is 2.99. The van der Waals surface area contributed by atoms with Crippen molar-refractivity contribution in [2.45, 2.75) is 19.3 Å². The minimum atomic E-state index is -1.05. The Bertz CT molecular complexity index is 885. The van der Waals surface area contributed by atoms with Crippen molar-refractivity contribution in [2.24, 2.45) is 0 Å². The maximum absolute atomic E-state index is 11.2. The van der Waals surface area contributed by atoms with Crippen LogP contribution in [0, 0.1) is 6.07 Å². The van der Waals surface area contributed by atoms with Gasteiger partial charge >= 0.3 is 5.97 Å². The van der Waals surface area contributed by atoms with Gasteiger partial charge in [0.05, 0.1) is 5.69 Å². The fourth-order valence-corrected chi connectivity index (χ4v) is 2.35. The van der Waals surface area contributed by atoms with Gasteiger partial charge in [0.1, 0.15) is 12.0 Å². The Morgan fingerprint density at radius 3 is 2.40 bits per heavy atom. The monoisotopic (exact) mass is 514 g/mol. The number of nitrogens with zero attached hydrogens (tertiary/aromatic N) is 4. The van der Waals surface area contributed by atoms with Crippen molar-refractivity contribution in [3.8, 4) is 11.4 Å². The third kappa shape index (κ3) is 3.96. The largest absolute Gasteiger partial charge is 0.477 e. The average Bonchev–Trinajstić information content (AvgIpc) is 2.62. The number of hydrogen-bond donors (Lipinski definition) is 1. The Morgan fingerprint density at radius 1 is 1.08 bits per heavy atom. The molecule has 3 rings (SSSR count). The second kappa shape index (κ2) is 7.62. The molecule has 25 heavy (non-hydrogen) atoms.